The van der Waals surface area contributed by atoms with Crippen molar-refractivity contribution in [2.45, 2.75) is 44.2 Å². The number of carbonyl (C=O) groups excluding carboxylic acids is 3. The van der Waals surface area contributed by atoms with Gasteiger partial charge in [-0.2, -0.15) is 0 Å². The first-order valence-corrected chi connectivity index (χ1v) is 11.7. The summed E-state index contributed by atoms with van der Waals surface area (Å²) in [6.07, 6.45) is 2.33. The quantitative estimate of drug-likeness (QED) is 0.584. The normalized spacial score (nSPS) is 22.3. The van der Waals surface area contributed by atoms with Crippen molar-refractivity contribution in [3.8, 4) is 5.75 Å². The van der Waals surface area contributed by atoms with Crippen LogP contribution in [0, 0.1) is 0 Å². The van der Waals surface area contributed by atoms with Crippen molar-refractivity contribution in [1.82, 2.24) is 15.5 Å². The van der Waals surface area contributed by atoms with Gasteiger partial charge in [0, 0.05) is 50.1 Å². The molecule has 3 amide bonds. The third kappa shape index (κ3) is 5.39. The molecular weight excluding hydrogens is 432 g/mol. The van der Waals surface area contributed by atoms with Crippen molar-refractivity contribution in [2.75, 3.05) is 32.1 Å². The van der Waals surface area contributed by atoms with Crippen LogP contribution in [0.5, 0.6) is 5.75 Å². The molecule has 180 valence electrons. The van der Waals surface area contributed by atoms with Crippen molar-refractivity contribution in [2.24, 2.45) is 0 Å². The Balaban J connectivity index is 1.42. The van der Waals surface area contributed by atoms with Crippen LogP contribution in [-0.4, -0.2) is 54.9 Å². The molecule has 1 spiro atoms. The molecule has 0 aromatic heterocycles. The molecule has 3 N–H and O–H groups in total. The summed E-state index contributed by atoms with van der Waals surface area (Å²) in [5, 5.41) is 9.00. The average molecular weight is 465 g/mol. The number of rotatable bonds is 7. The van der Waals surface area contributed by atoms with Gasteiger partial charge < -0.3 is 20.7 Å². The molecular formula is C26H32N4O4. The Morgan fingerprint density at radius 3 is 2.71 bits per heavy atom. The minimum absolute atomic E-state index is 0.0876. The molecule has 2 heterocycles. The summed E-state index contributed by atoms with van der Waals surface area (Å²) in [6.45, 7) is 3.33. The number of anilines is 1. The van der Waals surface area contributed by atoms with Gasteiger partial charge in [0.1, 0.15) is 5.75 Å². The van der Waals surface area contributed by atoms with Crippen LogP contribution in [0.4, 0.5) is 5.69 Å². The van der Waals surface area contributed by atoms with E-state index >= 15 is 0 Å². The van der Waals surface area contributed by atoms with Crippen LogP contribution in [0.15, 0.2) is 48.5 Å². The zero-order valence-corrected chi connectivity index (χ0v) is 19.7. The maximum Gasteiger partial charge on any atom is 0.234 e. The Bertz CT molecular complexity index is 1060. The molecule has 8 nitrogen and oxygen atoms in total. The summed E-state index contributed by atoms with van der Waals surface area (Å²) >= 11 is 0. The Hall–Kier alpha value is -3.39. The highest BCUT2D eigenvalue weighted by Crippen LogP contribution is 2.41. The summed E-state index contributed by atoms with van der Waals surface area (Å²) in [5.41, 5.74) is 2.28. The fourth-order valence-electron chi connectivity index (χ4n) is 5.23. The van der Waals surface area contributed by atoms with Crippen molar-refractivity contribution in [3.63, 3.8) is 0 Å². The molecule has 8 heteroatoms. The predicted molar refractivity (Wildman–Crippen MR) is 129 cm³/mol. The Morgan fingerprint density at radius 1 is 1.21 bits per heavy atom. The summed E-state index contributed by atoms with van der Waals surface area (Å²) in [5.74, 6) is 0.609. The lowest BCUT2D eigenvalue weighted by molar-refractivity contribution is -0.125. The number of likely N-dealkylation sites (tertiary alicyclic amines) is 1. The van der Waals surface area contributed by atoms with E-state index in [0.717, 1.165) is 18.4 Å². The Kier molecular flexibility index (Phi) is 7.17. The highest BCUT2D eigenvalue weighted by molar-refractivity contribution is 5.89. The molecule has 0 bridgehead atoms. The minimum Gasteiger partial charge on any atom is -0.496 e. The lowest BCUT2D eigenvalue weighted by atomic mass is 9.76. The first-order valence-electron chi connectivity index (χ1n) is 11.7. The van der Waals surface area contributed by atoms with Crippen molar-refractivity contribution < 1.29 is 19.1 Å². The highest BCUT2D eigenvalue weighted by Gasteiger charge is 2.49. The van der Waals surface area contributed by atoms with Crippen LogP contribution in [0.2, 0.25) is 0 Å². The third-order valence-corrected chi connectivity index (χ3v) is 6.67. The number of amides is 3. The molecule has 2 aromatic rings. The minimum atomic E-state index is -0.340. The van der Waals surface area contributed by atoms with Gasteiger partial charge in [-0.15, -0.1) is 0 Å². The average Bonchev–Trinajstić information content (AvgIpc) is 3.14. The second kappa shape index (κ2) is 10.3. The maximum absolute atomic E-state index is 12.9. The van der Waals surface area contributed by atoms with Gasteiger partial charge in [-0.25, -0.2) is 0 Å². The number of piperidine rings is 1. The van der Waals surface area contributed by atoms with Gasteiger partial charge in [-0.3, -0.25) is 19.3 Å². The molecule has 0 radical (unpaired) electrons. The molecule has 0 saturated carbocycles. The Morgan fingerprint density at radius 2 is 2.00 bits per heavy atom. The smallest absolute Gasteiger partial charge is 0.234 e. The monoisotopic (exact) mass is 464 g/mol. The fraction of sp³-hybridized carbons (Fsp3) is 0.423. The van der Waals surface area contributed by atoms with E-state index in [1.54, 1.807) is 25.3 Å². The molecule has 2 atom stereocenters. The highest BCUT2D eigenvalue weighted by atomic mass is 16.5. The van der Waals surface area contributed by atoms with Crippen molar-refractivity contribution in [3.05, 3.63) is 59.7 Å². The molecule has 2 aliphatic rings. The van der Waals surface area contributed by atoms with E-state index in [1.165, 1.54) is 12.5 Å². The van der Waals surface area contributed by atoms with Gasteiger partial charge in [-0.1, -0.05) is 30.3 Å². The first kappa shape index (κ1) is 23.8. The second-order valence-corrected chi connectivity index (χ2v) is 9.18. The Labute approximate surface area is 200 Å². The number of nitrogens with zero attached hydrogens (tertiary/aromatic N) is 1. The van der Waals surface area contributed by atoms with Crippen molar-refractivity contribution >= 4 is 23.4 Å². The van der Waals surface area contributed by atoms with Gasteiger partial charge in [0.25, 0.3) is 0 Å². The zero-order valence-electron chi connectivity index (χ0n) is 19.7. The summed E-state index contributed by atoms with van der Waals surface area (Å²) in [7, 11) is 1.57. The topological polar surface area (TPSA) is 99.8 Å². The molecule has 4 rings (SSSR count). The van der Waals surface area contributed by atoms with Crippen LogP contribution in [0.3, 0.4) is 0 Å². The SMILES string of the molecule is COc1ccc(NC(C)=O)cc1CNC(=O)CN1C[C@@H](c2ccccc2)[C@@]2(CCCC(=O)N2)C1. The zero-order chi connectivity index (χ0) is 24.1. The second-order valence-electron chi connectivity index (χ2n) is 9.18. The molecule has 2 aromatic carbocycles. The van der Waals surface area contributed by atoms with E-state index in [1.807, 2.05) is 18.2 Å². The molecule has 0 unspecified atom stereocenters. The summed E-state index contributed by atoms with van der Waals surface area (Å²) in [4.78, 5) is 38.7. The number of ether oxygens (including phenoxy) is 1. The number of methoxy groups -OCH3 is 1. The number of hydrogen-bond donors (Lipinski definition) is 3. The van der Waals surface area contributed by atoms with E-state index in [-0.39, 0.29) is 42.3 Å². The van der Waals surface area contributed by atoms with Crippen LogP contribution < -0.4 is 20.7 Å². The van der Waals surface area contributed by atoms with Gasteiger partial charge in [0.2, 0.25) is 17.7 Å². The van der Waals surface area contributed by atoms with Gasteiger partial charge in [-0.05, 0) is 36.6 Å². The fourth-order valence-corrected chi connectivity index (χ4v) is 5.23. The number of benzene rings is 2. The van der Waals surface area contributed by atoms with Gasteiger partial charge in [0.05, 0.1) is 19.2 Å². The van der Waals surface area contributed by atoms with Crippen LogP contribution >= 0.6 is 0 Å². The van der Waals surface area contributed by atoms with Crippen LogP contribution in [-0.2, 0) is 20.9 Å². The van der Waals surface area contributed by atoms with E-state index in [2.05, 4.69) is 33.0 Å². The van der Waals surface area contributed by atoms with E-state index < -0.39 is 0 Å². The van der Waals surface area contributed by atoms with Crippen LogP contribution in [0.25, 0.3) is 0 Å². The van der Waals surface area contributed by atoms with Gasteiger partial charge in [0.15, 0.2) is 0 Å². The number of hydrogen-bond acceptors (Lipinski definition) is 5. The molecule has 2 saturated heterocycles. The third-order valence-electron chi connectivity index (χ3n) is 6.67. The maximum atomic E-state index is 12.9. The van der Waals surface area contributed by atoms with E-state index in [9.17, 15) is 14.4 Å². The lowest BCUT2D eigenvalue weighted by Gasteiger charge is -2.39. The summed E-state index contributed by atoms with van der Waals surface area (Å²) in [6, 6.07) is 15.6. The molecule has 2 aliphatic heterocycles. The molecule has 2 fully saturated rings. The predicted octanol–water partition coefficient (Wildman–Crippen LogP) is 2.41. The van der Waals surface area contributed by atoms with Crippen molar-refractivity contribution in [1.29, 1.82) is 0 Å². The van der Waals surface area contributed by atoms with E-state index in [0.29, 0.717) is 30.9 Å². The standard InChI is InChI=1S/C26H32N4O4/c1-18(31)28-21-10-11-23(34-2)20(13-21)14-27-25(33)16-30-15-22(19-7-4-3-5-8-19)26(17-30)12-6-9-24(32)29-26/h3-5,7-8,10-11,13,22H,6,9,12,14-17H2,1-2H3,(H,27,33)(H,28,31)(H,29,32)/t22-,26+/m0/s1. The molecule has 34 heavy (non-hydrogen) atoms. The number of nitrogens with one attached hydrogen (secondary N) is 3. The van der Waals surface area contributed by atoms with E-state index in [4.69, 9.17) is 4.74 Å². The lowest BCUT2D eigenvalue weighted by Crippen LogP contribution is -2.56. The molecule has 0 aliphatic carbocycles. The van der Waals surface area contributed by atoms with Crippen LogP contribution in [0.1, 0.15) is 43.2 Å². The first-order chi connectivity index (χ1) is 16.4. The number of carbonyl (C=O) groups is 3. The van der Waals surface area contributed by atoms with Gasteiger partial charge >= 0.3 is 0 Å². The largest absolute Gasteiger partial charge is 0.496 e. The summed E-state index contributed by atoms with van der Waals surface area (Å²) < 4.78 is 5.40.